The van der Waals surface area contributed by atoms with Crippen molar-refractivity contribution >= 4 is 23.1 Å². The number of imidazole rings is 1. The van der Waals surface area contributed by atoms with Crippen molar-refractivity contribution in [1.82, 2.24) is 19.6 Å². The molecular weight excluding hydrogens is 426 g/mol. The molecule has 1 saturated heterocycles. The largest absolute Gasteiger partial charge is 0.370 e. The van der Waals surface area contributed by atoms with Gasteiger partial charge in [-0.1, -0.05) is 57.0 Å². The third-order valence-corrected chi connectivity index (χ3v) is 6.92. The summed E-state index contributed by atoms with van der Waals surface area (Å²) in [5.74, 6) is 0.927. The van der Waals surface area contributed by atoms with Crippen LogP contribution < -0.4 is 5.32 Å². The normalized spacial score (nSPS) is 26.2. The van der Waals surface area contributed by atoms with Crippen LogP contribution in [0.15, 0.2) is 36.5 Å². The Balaban J connectivity index is 1.45. The molecular formula is C24H30ClN5O2. The monoisotopic (exact) mass is 455 g/mol. The number of nitrogens with one attached hydrogen (secondary N) is 1. The van der Waals surface area contributed by atoms with Crippen LogP contribution in [0.1, 0.15) is 63.3 Å². The lowest BCUT2D eigenvalue weighted by molar-refractivity contribution is -0.0362. The molecule has 32 heavy (non-hydrogen) atoms. The lowest BCUT2D eigenvalue weighted by atomic mass is 9.95. The van der Waals surface area contributed by atoms with Gasteiger partial charge in [-0.25, -0.2) is 9.50 Å². The number of rotatable bonds is 7. The third-order valence-electron chi connectivity index (χ3n) is 6.76. The molecule has 0 amide bonds. The van der Waals surface area contributed by atoms with Gasteiger partial charge in [-0.05, 0) is 36.4 Å². The molecule has 1 unspecified atom stereocenters. The number of fused-ring (bicyclic) bond motifs is 1. The second kappa shape index (κ2) is 9.33. The van der Waals surface area contributed by atoms with Crippen LogP contribution in [0.3, 0.4) is 0 Å². The smallest absolute Gasteiger partial charge is 0.243 e. The van der Waals surface area contributed by atoms with E-state index < -0.39 is 0 Å². The predicted molar refractivity (Wildman–Crippen MR) is 124 cm³/mol. The summed E-state index contributed by atoms with van der Waals surface area (Å²) in [7, 11) is 0. The average Bonchev–Trinajstić information content (AvgIpc) is 3.52. The zero-order valence-corrected chi connectivity index (χ0v) is 19.3. The summed E-state index contributed by atoms with van der Waals surface area (Å²) in [6, 6.07) is 10.6. The van der Waals surface area contributed by atoms with Crippen molar-refractivity contribution in [3.63, 3.8) is 0 Å². The molecule has 1 aromatic carbocycles. The number of halogens is 1. The fourth-order valence-corrected chi connectivity index (χ4v) is 5.18. The first-order chi connectivity index (χ1) is 15.6. The molecule has 2 aromatic heterocycles. The lowest BCUT2D eigenvalue weighted by Crippen LogP contribution is -2.26. The SMILES string of the molecule is CC[C@H]1OC(c2cnc3c(NC4CCCC4)nc(Cl)nn23)[C@H](OCc2ccccc2)[C@@H]1C. The Kier molecular flexibility index (Phi) is 6.31. The van der Waals surface area contributed by atoms with Crippen LogP contribution in [0, 0.1) is 5.92 Å². The Bertz CT molecular complexity index is 1050. The Morgan fingerprint density at radius 1 is 1.22 bits per heavy atom. The van der Waals surface area contributed by atoms with Crippen molar-refractivity contribution in [2.24, 2.45) is 5.92 Å². The molecule has 1 aliphatic heterocycles. The van der Waals surface area contributed by atoms with Gasteiger partial charge in [-0.3, -0.25) is 0 Å². The number of hydrogen-bond donors (Lipinski definition) is 1. The van der Waals surface area contributed by atoms with E-state index in [4.69, 9.17) is 21.1 Å². The number of benzene rings is 1. The minimum atomic E-state index is -0.279. The van der Waals surface area contributed by atoms with Crippen LogP contribution >= 0.6 is 11.6 Å². The molecule has 1 N–H and O–H groups in total. The van der Waals surface area contributed by atoms with Crippen LogP contribution in [-0.4, -0.2) is 37.8 Å². The van der Waals surface area contributed by atoms with Crippen LogP contribution in [0.25, 0.3) is 5.65 Å². The van der Waals surface area contributed by atoms with Crippen molar-refractivity contribution in [1.29, 1.82) is 0 Å². The highest BCUT2D eigenvalue weighted by Crippen LogP contribution is 2.41. The van der Waals surface area contributed by atoms with E-state index in [9.17, 15) is 0 Å². The summed E-state index contributed by atoms with van der Waals surface area (Å²) < 4.78 is 14.7. The second-order valence-corrected chi connectivity index (χ2v) is 9.24. The minimum Gasteiger partial charge on any atom is -0.370 e. The van der Waals surface area contributed by atoms with Crippen LogP contribution in [-0.2, 0) is 16.1 Å². The first kappa shape index (κ1) is 21.6. The maximum Gasteiger partial charge on any atom is 0.243 e. The first-order valence-electron chi connectivity index (χ1n) is 11.6. The quantitative estimate of drug-likeness (QED) is 0.527. The molecule has 3 heterocycles. The third kappa shape index (κ3) is 4.21. The molecule has 2 aliphatic rings. The second-order valence-electron chi connectivity index (χ2n) is 8.90. The molecule has 4 atom stereocenters. The summed E-state index contributed by atoms with van der Waals surface area (Å²) in [5.41, 5.74) is 2.67. The van der Waals surface area contributed by atoms with Crippen LogP contribution in [0.2, 0.25) is 5.28 Å². The van der Waals surface area contributed by atoms with E-state index in [0.717, 1.165) is 30.5 Å². The Hall–Kier alpha value is -2.22. The highest BCUT2D eigenvalue weighted by molar-refractivity contribution is 6.28. The number of anilines is 1. The average molecular weight is 456 g/mol. The molecule has 0 spiro atoms. The zero-order valence-electron chi connectivity index (χ0n) is 18.6. The summed E-state index contributed by atoms with van der Waals surface area (Å²) >= 11 is 6.32. The van der Waals surface area contributed by atoms with E-state index in [1.807, 2.05) is 24.4 Å². The highest BCUT2D eigenvalue weighted by Gasteiger charge is 2.44. The summed E-state index contributed by atoms with van der Waals surface area (Å²) in [6.45, 7) is 4.88. The molecule has 0 radical (unpaired) electrons. The number of aromatic nitrogens is 4. The molecule has 3 aromatic rings. The van der Waals surface area contributed by atoms with Gasteiger partial charge in [0.05, 0.1) is 30.7 Å². The van der Waals surface area contributed by atoms with E-state index in [0.29, 0.717) is 24.1 Å². The van der Waals surface area contributed by atoms with Gasteiger partial charge in [0.25, 0.3) is 0 Å². The first-order valence-corrected chi connectivity index (χ1v) is 12.0. The van der Waals surface area contributed by atoms with Gasteiger partial charge in [0.1, 0.15) is 6.10 Å². The van der Waals surface area contributed by atoms with Gasteiger partial charge in [-0.15, -0.1) is 5.10 Å². The summed E-state index contributed by atoms with van der Waals surface area (Å²) in [4.78, 5) is 9.09. The molecule has 2 fully saturated rings. The standard InChI is InChI=1S/C24H30ClN5O2/c1-3-19-15(2)20(31-14-16-9-5-4-6-10-16)21(32-19)18-13-26-23-22(27-17-11-7-8-12-17)28-24(25)29-30(18)23/h4-6,9-10,13,15,17,19-21H,3,7-8,11-12,14H2,1-2H3,(H,27,28,29)/t15-,19-,20-,21?/m1/s1. The van der Waals surface area contributed by atoms with Crippen molar-refractivity contribution in [2.45, 2.75) is 76.9 Å². The molecule has 1 saturated carbocycles. The molecule has 7 nitrogen and oxygen atoms in total. The molecule has 5 rings (SSSR count). The maximum atomic E-state index is 6.48. The minimum absolute atomic E-state index is 0.111. The summed E-state index contributed by atoms with van der Waals surface area (Å²) in [5, 5.41) is 8.19. The number of ether oxygens (including phenoxy) is 2. The Labute approximate surface area is 193 Å². The predicted octanol–water partition coefficient (Wildman–Crippen LogP) is 5.20. The van der Waals surface area contributed by atoms with Gasteiger partial charge in [0.2, 0.25) is 5.28 Å². The Morgan fingerprint density at radius 3 is 2.75 bits per heavy atom. The van der Waals surface area contributed by atoms with Crippen molar-refractivity contribution < 1.29 is 9.47 Å². The van der Waals surface area contributed by atoms with Crippen molar-refractivity contribution in [3.8, 4) is 0 Å². The van der Waals surface area contributed by atoms with Gasteiger partial charge in [0, 0.05) is 12.0 Å². The fraction of sp³-hybridized carbons (Fsp3) is 0.542. The van der Waals surface area contributed by atoms with Gasteiger partial charge in [0.15, 0.2) is 11.5 Å². The van der Waals surface area contributed by atoms with E-state index in [1.54, 1.807) is 4.52 Å². The van der Waals surface area contributed by atoms with E-state index >= 15 is 0 Å². The molecule has 1 aliphatic carbocycles. The molecule has 0 bridgehead atoms. The van der Waals surface area contributed by atoms with Crippen molar-refractivity contribution in [2.75, 3.05) is 5.32 Å². The topological polar surface area (TPSA) is 73.6 Å². The fourth-order valence-electron chi connectivity index (χ4n) is 5.02. The summed E-state index contributed by atoms with van der Waals surface area (Å²) in [6.07, 6.45) is 7.21. The van der Waals surface area contributed by atoms with Crippen LogP contribution in [0.5, 0.6) is 0 Å². The maximum absolute atomic E-state index is 6.48. The Morgan fingerprint density at radius 2 is 2.00 bits per heavy atom. The van der Waals surface area contributed by atoms with Crippen LogP contribution in [0.4, 0.5) is 5.82 Å². The van der Waals surface area contributed by atoms with Gasteiger partial charge >= 0.3 is 0 Å². The van der Waals surface area contributed by atoms with Gasteiger partial charge < -0.3 is 14.8 Å². The van der Waals surface area contributed by atoms with E-state index in [1.165, 1.54) is 12.8 Å². The van der Waals surface area contributed by atoms with E-state index in [-0.39, 0.29) is 29.5 Å². The molecule has 8 heteroatoms. The lowest BCUT2D eigenvalue weighted by Gasteiger charge is -2.21. The number of nitrogens with zero attached hydrogens (tertiary/aromatic N) is 4. The zero-order chi connectivity index (χ0) is 22.1. The van der Waals surface area contributed by atoms with E-state index in [2.05, 4.69) is 46.4 Å². The molecule has 170 valence electrons. The van der Waals surface area contributed by atoms with Crippen molar-refractivity contribution in [3.05, 3.63) is 53.1 Å². The highest BCUT2D eigenvalue weighted by atomic mass is 35.5. The number of hydrogen-bond acceptors (Lipinski definition) is 6. The van der Waals surface area contributed by atoms with Gasteiger partial charge in [-0.2, -0.15) is 4.98 Å².